The number of hydrogen-bond donors (Lipinski definition) is 1. The van der Waals surface area contributed by atoms with Crippen molar-refractivity contribution in [2.24, 2.45) is 10.9 Å². The fraction of sp³-hybridized carbons (Fsp3) is 0.348. The molecule has 0 amide bonds. The number of nitrogen functional groups attached to an aromatic ring is 1. The summed E-state index contributed by atoms with van der Waals surface area (Å²) < 4.78 is 0. The molecule has 5 nitrogen and oxygen atoms in total. The summed E-state index contributed by atoms with van der Waals surface area (Å²) in [5.74, 6) is 0.744. The van der Waals surface area contributed by atoms with Crippen LogP contribution in [0.3, 0.4) is 0 Å². The summed E-state index contributed by atoms with van der Waals surface area (Å²) in [6.07, 6.45) is 5.00. The maximum atomic E-state index is 6.26. The third-order valence-electron chi connectivity index (χ3n) is 5.84. The zero-order chi connectivity index (χ0) is 19.8. The van der Waals surface area contributed by atoms with Gasteiger partial charge in [-0.1, -0.05) is 6.92 Å². The van der Waals surface area contributed by atoms with E-state index in [9.17, 15) is 0 Å². The van der Waals surface area contributed by atoms with Gasteiger partial charge in [-0.05, 0) is 61.6 Å². The number of nitrogens with two attached hydrogens (primary N) is 1. The first-order valence-corrected chi connectivity index (χ1v) is 9.82. The highest BCUT2D eigenvalue weighted by Gasteiger charge is 2.19. The molecule has 1 aliphatic heterocycles. The standard InChI is InChI=1S/C23H27N5/c1-14-7-8-28(13-14)19-9-17-5-6-21(27-23(17)26-12-19)20-10-18(11-25-4)22(24)16(3)15(20)2/h5-6,9-12,14H,7-8,13,24H2,1-4H3. The predicted octanol–water partition coefficient (Wildman–Crippen LogP) is 4.39. The lowest BCUT2D eigenvalue weighted by atomic mass is 9.95. The van der Waals surface area contributed by atoms with Gasteiger partial charge in [0.1, 0.15) is 0 Å². The van der Waals surface area contributed by atoms with E-state index in [1.165, 1.54) is 12.1 Å². The van der Waals surface area contributed by atoms with E-state index in [4.69, 9.17) is 10.7 Å². The first-order valence-electron chi connectivity index (χ1n) is 9.82. The van der Waals surface area contributed by atoms with E-state index in [0.717, 1.165) is 63.7 Å². The summed E-state index contributed by atoms with van der Waals surface area (Å²) in [5.41, 5.74) is 14.1. The number of hydrogen-bond acceptors (Lipinski definition) is 5. The average Bonchev–Trinajstić information content (AvgIpc) is 3.14. The number of benzene rings is 1. The Hall–Kier alpha value is -2.95. The van der Waals surface area contributed by atoms with Crippen LogP contribution in [0.1, 0.15) is 30.0 Å². The van der Waals surface area contributed by atoms with Crippen LogP contribution in [0.4, 0.5) is 11.4 Å². The fourth-order valence-corrected chi connectivity index (χ4v) is 3.97. The molecule has 1 saturated heterocycles. The molecule has 0 saturated carbocycles. The molecule has 3 aromatic rings. The minimum atomic E-state index is 0.744. The van der Waals surface area contributed by atoms with Crippen LogP contribution in [-0.2, 0) is 0 Å². The largest absolute Gasteiger partial charge is 0.398 e. The number of nitrogens with zero attached hydrogens (tertiary/aromatic N) is 4. The quantitative estimate of drug-likeness (QED) is 0.546. The number of aromatic nitrogens is 2. The Morgan fingerprint density at radius 3 is 2.75 bits per heavy atom. The third kappa shape index (κ3) is 3.21. The van der Waals surface area contributed by atoms with Crippen molar-refractivity contribution in [1.29, 1.82) is 0 Å². The Kier molecular flexibility index (Phi) is 4.75. The van der Waals surface area contributed by atoms with E-state index in [-0.39, 0.29) is 0 Å². The van der Waals surface area contributed by atoms with Crippen LogP contribution >= 0.6 is 0 Å². The van der Waals surface area contributed by atoms with Gasteiger partial charge in [-0.3, -0.25) is 4.99 Å². The number of anilines is 2. The first-order chi connectivity index (χ1) is 13.5. The first kappa shape index (κ1) is 18.4. The van der Waals surface area contributed by atoms with Crippen LogP contribution in [0, 0.1) is 19.8 Å². The van der Waals surface area contributed by atoms with Gasteiger partial charge in [0.2, 0.25) is 0 Å². The molecular formula is C23H27N5. The molecule has 1 unspecified atom stereocenters. The van der Waals surface area contributed by atoms with Gasteiger partial charge in [0, 0.05) is 48.6 Å². The Morgan fingerprint density at radius 1 is 1.21 bits per heavy atom. The zero-order valence-electron chi connectivity index (χ0n) is 17.0. The van der Waals surface area contributed by atoms with Crippen molar-refractivity contribution in [3.8, 4) is 11.3 Å². The zero-order valence-corrected chi connectivity index (χ0v) is 17.0. The smallest absolute Gasteiger partial charge is 0.159 e. The molecule has 1 aromatic carbocycles. The van der Waals surface area contributed by atoms with Gasteiger partial charge >= 0.3 is 0 Å². The maximum Gasteiger partial charge on any atom is 0.159 e. The normalized spacial score (nSPS) is 17.1. The highest BCUT2D eigenvalue weighted by atomic mass is 15.2. The second-order valence-electron chi connectivity index (χ2n) is 7.84. The van der Waals surface area contributed by atoms with Gasteiger partial charge in [-0.2, -0.15) is 0 Å². The topological polar surface area (TPSA) is 67.4 Å². The summed E-state index contributed by atoms with van der Waals surface area (Å²) in [6, 6.07) is 8.46. The van der Waals surface area contributed by atoms with Crippen LogP contribution in [0.15, 0.2) is 35.5 Å². The van der Waals surface area contributed by atoms with Crippen molar-refractivity contribution in [3.63, 3.8) is 0 Å². The van der Waals surface area contributed by atoms with Gasteiger partial charge in [0.25, 0.3) is 0 Å². The van der Waals surface area contributed by atoms with Gasteiger partial charge < -0.3 is 10.6 Å². The van der Waals surface area contributed by atoms with Crippen molar-refractivity contribution in [2.75, 3.05) is 30.8 Å². The molecule has 4 rings (SSSR count). The van der Waals surface area contributed by atoms with E-state index >= 15 is 0 Å². The molecular weight excluding hydrogens is 346 g/mol. The second kappa shape index (κ2) is 7.23. The summed E-state index contributed by atoms with van der Waals surface area (Å²) in [6.45, 7) is 8.64. The number of rotatable bonds is 3. The van der Waals surface area contributed by atoms with E-state index in [2.05, 4.69) is 53.0 Å². The van der Waals surface area contributed by atoms with Gasteiger partial charge in [0.15, 0.2) is 5.65 Å². The molecule has 1 atom stereocenters. The SMILES string of the molecule is CN=Cc1cc(-c2ccc3cc(N4CCC(C)C4)cnc3n2)c(C)c(C)c1N. The van der Waals surface area contributed by atoms with Crippen molar-refractivity contribution in [2.45, 2.75) is 27.2 Å². The van der Waals surface area contributed by atoms with Crippen LogP contribution in [0.2, 0.25) is 0 Å². The van der Waals surface area contributed by atoms with Crippen LogP contribution in [0.5, 0.6) is 0 Å². The summed E-state index contributed by atoms with van der Waals surface area (Å²) in [7, 11) is 1.76. The molecule has 0 spiro atoms. The second-order valence-corrected chi connectivity index (χ2v) is 7.84. The molecule has 0 radical (unpaired) electrons. The lowest BCUT2D eigenvalue weighted by Gasteiger charge is -2.18. The van der Waals surface area contributed by atoms with Crippen LogP contribution in [-0.4, -0.2) is 36.3 Å². The highest BCUT2D eigenvalue weighted by molar-refractivity contribution is 5.92. The predicted molar refractivity (Wildman–Crippen MR) is 118 cm³/mol. The van der Waals surface area contributed by atoms with E-state index in [1.807, 2.05) is 13.1 Å². The Morgan fingerprint density at radius 2 is 2.04 bits per heavy atom. The Labute approximate surface area is 166 Å². The molecule has 2 aromatic heterocycles. The summed E-state index contributed by atoms with van der Waals surface area (Å²) in [4.78, 5) is 16.1. The van der Waals surface area contributed by atoms with Crippen molar-refractivity contribution in [3.05, 3.63) is 47.2 Å². The molecule has 1 fully saturated rings. The van der Waals surface area contributed by atoms with Crippen LogP contribution < -0.4 is 10.6 Å². The summed E-state index contributed by atoms with van der Waals surface area (Å²) in [5, 5.41) is 1.07. The van der Waals surface area contributed by atoms with E-state index in [0.29, 0.717) is 0 Å². The third-order valence-corrected chi connectivity index (χ3v) is 5.84. The van der Waals surface area contributed by atoms with E-state index in [1.54, 1.807) is 13.3 Å². The van der Waals surface area contributed by atoms with Crippen LogP contribution in [0.25, 0.3) is 22.3 Å². The number of aliphatic imine (C=N–C) groups is 1. The highest BCUT2D eigenvalue weighted by Crippen LogP contribution is 2.32. The molecule has 5 heteroatoms. The molecule has 28 heavy (non-hydrogen) atoms. The van der Waals surface area contributed by atoms with Gasteiger partial charge in [-0.15, -0.1) is 0 Å². The van der Waals surface area contributed by atoms with Crippen molar-refractivity contribution >= 4 is 28.6 Å². The van der Waals surface area contributed by atoms with Gasteiger partial charge in [-0.25, -0.2) is 9.97 Å². The maximum absolute atomic E-state index is 6.26. The molecule has 3 heterocycles. The molecule has 144 valence electrons. The Bertz CT molecular complexity index is 1070. The van der Waals surface area contributed by atoms with Crippen molar-refractivity contribution in [1.82, 2.24) is 9.97 Å². The monoisotopic (exact) mass is 373 g/mol. The minimum absolute atomic E-state index is 0.744. The molecule has 2 N–H and O–H groups in total. The number of fused-ring (bicyclic) bond motifs is 1. The fourth-order valence-electron chi connectivity index (χ4n) is 3.97. The lowest BCUT2D eigenvalue weighted by molar-refractivity contribution is 0.659. The number of pyridine rings is 2. The van der Waals surface area contributed by atoms with E-state index < -0.39 is 0 Å². The lowest BCUT2D eigenvalue weighted by Crippen LogP contribution is -2.19. The van der Waals surface area contributed by atoms with Crippen molar-refractivity contribution < 1.29 is 0 Å². The molecule has 0 bridgehead atoms. The summed E-state index contributed by atoms with van der Waals surface area (Å²) >= 11 is 0. The Balaban J connectivity index is 1.76. The molecule has 0 aliphatic carbocycles. The average molecular weight is 374 g/mol. The minimum Gasteiger partial charge on any atom is -0.398 e. The molecule has 1 aliphatic rings. The van der Waals surface area contributed by atoms with Gasteiger partial charge in [0.05, 0.1) is 17.6 Å².